The van der Waals surface area contributed by atoms with Crippen LogP contribution < -0.4 is 14.4 Å². The first-order valence-electron chi connectivity index (χ1n) is 11.1. The number of ketones is 1. The van der Waals surface area contributed by atoms with E-state index in [1.165, 1.54) is 25.0 Å². The van der Waals surface area contributed by atoms with Gasteiger partial charge in [-0.1, -0.05) is 29.8 Å². The lowest BCUT2D eigenvalue weighted by Crippen LogP contribution is -2.29. The fourth-order valence-corrected chi connectivity index (χ4v) is 4.61. The topological polar surface area (TPSA) is 93.1 Å². The van der Waals surface area contributed by atoms with E-state index in [1.54, 1.807) is 36.4 Å². The SMILES string of the molecule is COc1ccc(/C(O)=C2/C(=O)C(=O)N(c3cc(C)cc(C)c3)C2c2ccc(OC(C)=O)cc2)cc1Cl. The summed E-state index contributed by atoms with van der Waals surface area (Å²) in [5, 5.41) is 11.5. The summed E-state index contributed by atoms with van der Waals surface area (Å²) in [6.45, 7) is 5.09. The van der Waals surface area contributed by atoms with Crippen molar-refractivity contribution < 1.29 is 29.0 Å². The molecule has 1 fully saturated rings. The van der Waals surface area contributed by atoms with Crippen molar-refractivity contribution in [3.63, 3.8) is 0 Å². The van der Waals surface area contributed by atoms with Crippen molar-refractivity contribution in [3.05, 3.63) is 93.5 Å². The second-order valence-corrected chi connectivity index (χ2v) is 8.93. The Kier molecular flexibility index (Phi) is 6.86. The number of carbonyl (C=O) groups is 3. The molecule has 1 amide bonds. The Bertz CT molecular complexity index is 1390. The molecule has 0 aromatic heterocycles. The number of amides is 1. The second kappa shape index (κ2) is 9.87. The van der Waals surface area contributed by atoms with Crippen molar-refractivity contribution in [2.24, 2.45) is 0 Å². The minimum atomic E-state index is -0.932. The van der Waals surface area contributed by atoms with Gasteiger partial charge in [0.15, 0.2) is 0 Å². The second-order valence-electron chi connectivity index (χ2n) is 8.53. The average molecular weight is 506 g/mol. The first-order chi connectivity index (χ1) is 17.1. The summed E-state index contributed by atoms with van der Waals surface area (Å²) in [6, 6.07) is 15.7. The standard InChI is InChI=1S/C28H24ClNO6/c1-15-11-16(2)13-20(12-15)30-25(18-5-8-21(9-6-18)36-17(3)31)24(27(33)28(30)34)26(32)19-7-10-23(35-4)22(29)14-19/h5-14,25,32H,1-4H3/b26-24-. The van der Waals surface area contributed by atoms with Crippen molar-refractivity contribution in [2.75, 3.05) is 12.0 Å². The Hall–Kier alpha value is -4.10. The van der Waals surface area contributed by atoms with Crippen LogP contribution in [0.2, 0.25) is 5.02 Å². The van der Waals surface area contributed by atoms with Crippen LogP contribution in [-0.4, -0.2) is 29.9 Å². The van der Waals surface area contributed by atoms with Crippen molar-refractivity contribution in [1.82, 2.24) is 0 Å². The van der Waals surface area contributed by atoms with Crippen LogP contribution in [0.5, 0.6) is 11.5 Å². The van der Waals surface area contributed by atoms with Gasteiger partial charge >= 0.3 is 5.97 Å². The lowest BCUT2D eigenvalue weighted by molar-refractivity contribution is -0.132. The largest absolute Gasteiger partial charge is 0.507 e. The van der Waals surface area contributed by atoms with Gasteiger partial charge in [0, 0.05) is 18.2 Å². The Labute approximate surface area is 213 Å². The number of rotatable bonds is 5. The van der Waals surface area contributed by atoms with Crippen LogP contribution in [0, 0.1) is 13.8 Å². The van der Waals surface area contributed by atoms with E-state index >= 15 is 0 Å². The van der Waals surface area contributed by atoms with Crippen LogP contribution in [0.3, 0.4) is 0 Å². The maximum absolute atomic E-state index is 13.4. The summed E-state index contributed by atoms with van der Waals surface area (Å²) in [6.07, 6.45) is 0. The van der Waals surface area contributed by atoms with Gasteiger partial charge in [-0.25, -0.2) is 0 Å². The van der Waals surface area contributed by atoms with Gasteiger partial charge in [-0.15, -0.1) is 0 Å². The zero-order valence-electron chi connectivity index (χ0n) is 20.2. The van der Waals surface area contributed by atoms with Crippen LogP contribution in [-0.2, 0) is 14.4 Å². The molecular weight excluding hydrogens is 482 g/mol. The molecule has 4 rings (SSSR count). The first kappa shape index (κ1) is 25.0. The van der Waals surface area contributed by atoms with Gasteiger partial charge in [-0.2, -0.15) is 0 Å². The molecule has 1 N–H and O–H groups in total. The molecule has 1 aliphatic rings. The number of aliphatic hydroxyl groups excluding tert-OH is 1. The number of carbonyl (C=O) groups excluding carboxylic acids is 3. The van der Waals surface area contributed by atoms with E-state index in [2.05, 4.69) is 0 Å². The monoisotopic (exact) mass is 505 g/mol. The number of aliphatic hydroxyl groups is 1. The van der Waals surface area contributed by atoms with E-state index in [1.807, 2.05) is 32.0 Å². The lowest BCUT2D eigenvalue weighted by atomic mass is 9.95. The highest BCUT2D eigenvalue weighted by atomic mass is 35.5. The van der Waals surface area contributed by atoms with Gasteiger partial charge in [-0.05, 0) is 73.0 Å². The van der Waals surface area contributed by atoms with E-state index in [0.717, 1.165) is 11.1 Å². The molecule has 0 bridgehead atoms. The van der Waals surface area contributed by atoms with E-state index in [4.69, 9.17) is 21.1 Å². The third kappa shape index (κ3) is 4.70. The van der Waals surface area contributed by atoms with Gasteiger partial charge in [0.05, 0.1) is 23.7 Å². The molecule has 36 heavy (non-hydrogen) atoms. The van der Waals surface area contributed by atoms with Gasteiger partial charge in [-0.3, -0.25) is 19.3 Å². The smallest absolute Gasteiger partial charge is 0.308 e. The number of halogens is 1. The van der Waals surface area contributed by atoms with Crippen molar-refractivity contribution in [3.8, 4) is 11.5 Å². The molecule has 1 unspecified atom stereocenters. The van der Waals surface area contributed by atoms with Crippen LogP contribution in [0.1, 0.15) is 35.2 Å². The molecule has 1 saturated heterocycles. The molecule has 3 aromatic rings. The number of hydrogen-bond donors (Lipinski definition) is 1. The Morgan fingerprint density at radius 1 is 0.972 bits per heavy atom. The van der Waals surface area contributed by atoms with Crippen LogP contribution in [0.4, 0.5) is 5.69 Å². The van der Waals surface area contributed by atoms with E-state index in [9.17, 15) is 19.5 Å². The molecule has 1 atom stereocenters. The molecule has 7 nitrogen and oxygen atoms in total. The van der Waals surface area contributed by atoms with Gasteiger partial charge < -0.3 is 14.6 Å². The highest BCUT2D eigenvalue weighted by Gasteiger charge is 2.47. The number of Topliss-reactive ketones (excluding diaryl/α,β-unsaturated/α-hetero) is 1. The third-order valence-electron chi connectivity index (χ3n) is 5.81. The number of anilines is 1. The molecular formula is C28H24ClNO6. The summed E-state index contributed by atoms with van der Waals surface area (Å²) in [5.41, 5.74) is 3.08. The number of nitrogens with zero attached hydrogens (tertiary/aromatic N) is 1. The molecule has 0 spiro atoms. The normalized spacial score (nSPS) is 16.8. The number of benzene rings is 3. The summed E-state index contributed by atoms with van der Waals surface area (Å²) in [5.74, 6) is -1.71. The summed E-state index contributed by atoms with van der Waals surface area (Å²) >= 11 is 6.25. The summed E-state index contributed by atoms with van der Waals surface area (Å²) < 4.78 is 10.3. The van der Waals surface area contributed by atoms with Gasteiger partial charge in [0.25, 0.3) is 11.7 Å². The summed E-state index contributed by atoms with van der Waals surface area (Å²) in [7, 11) is 1.47. The minimum Gasteiger partial charge on any atom is -0.507 e. The van der Waals surface area contributed by atoms with E-state index in [-0.39, 0.29) is 21.9 Å². The Morgan fingerprint density at radius 3 is 2.17 bits per heavy atom. The maximum Gasteiger partial charge on any atom is 0.308 e. The fourth-order valence-electron chi connectivity index (χ4n) is 4.36. The highest BCUT2D eigenvalue weighted by Crippen LogP contribution is 2.43. The van der Waals surface area contributed by atoms with Crippen molar-refractivity contribution in [2.45, 2.75) is 26.8 Å². The van der Waals surface area contributed by atoms with E-state index in [0.29, 0.717) is 22.7 Å². The molecule has 0 saturated carbocycles. The predicted octanol–water partition coefficient (Wildman–Crippen LogP) is 5.52. The fraction of sp³-hybridized carbons (Fsp3) is 0.179. The number of methoxy groups -OCH3 is 1. The van der Waals surface area contributed by atoms with E-state index < -0.39 is 23.7 Å². The number of hydrogen-bond acceptors (Lipinski definition) is 6. The highest BCUT2D eigenvalue weighted by molar-refractivity contribution is 6.51. The van der Waals surface area contributed by atoms with Gasteiger partial charge in [0.1, 0.15) is 17.3 Å². The lowest BCUT2D eigenvalue weighted by Gasteiger charge is -2.26. The molecule has 1 heterocycles. The van der Waals surface area contributed by atoms with Gasteiger partial charge in [0.2, 0.25) is 0 Å². The quantitative estimate of drug-likeness (QED) is 0.161. The van der Waals surface area contributed by atoms with Crippen LogP contribution in [0.15, 0.2) is 66.2 Å². The number of esters is 1. The Balaban J connectivity index is 1.92. The molecule has 0 radical (unpaired) electrons. The average Bonchev–Trinajstić information content (AvgIpc) is 3.08. The number of ether oxygens (including phenoxy) is 2. The molecule has 1 aliphatic heterocycles. The van der Waals surface area contributed by atoms with Crippen LogP contribution in [0.25, 0.3) is 5.76 Å². The molecule has 0 aliphatic carbocycles. The Morgan fingerprint density at radius 2 is 1.61 bits per heavy atom. The van der Waals surface area contributed by atoms with Crippen molar-refractivity contribution in [1.29, 1.82) is 0 Å². The van der Waals surface area contributed by atoms with Crippen LogP contribution >= 0.6 is 11.6 Å². The number of aryl methyl sites for hydroxylation is 2. The molecule has 8 heteroatoms. The first-order valence-corrected chi connectivity index (χ1v) is 11.5. The minimum absolute atomic E-state index is 0.0828. The molecule has 3 aromatic carbocycles. The molecule has 184 valence electrons. The summed E-state index contributed by atoms with van der Waals surface area (Å²) in [4.78, 5) is 39.4. The zero-order valence-corrected chi connectivity index (χ0v) is 20.9. The van der Waals surface area contributed by atoms with Crippen molar-refractivity contribution >= 4 is 40.7 Å². The zero-order chi connectivity index (χ0) is 26.1. The predicted molar refractivity (Wildman–Crippen MR) is 136 cm³/mol. The third-order valence-corrected chi connectivity index (χ3v) is 6.11. The maximum atomic E-state index is 13.4.